The fourth-order valence-corrected chi connectivity index (χ4v) is 1.72. The Labute approximate surface area is 91.3 Å². The molecule has 0 aliphatic carbocycles. The molecule has 0 radical (unpaired) electrons. The second-order valence-corrected chi connectivity index (χ2v) is 4.06. The van der Waals surface area contributed by atoms with E-state index in [-0.39, 0.29) is 0 Å². The molecule has 0 atom stereocenters. The average molecular weight is 215 g/mol. The van der Waals surface area contributed by atoms with Gasteiger partial charge < -0.3 is 4.57 Å². The number of aromatic nitrogens is 2. The van der Waals surface area contributed by atoms with Gasteiger partial charge in [0.1, 0.15) is 5.15 Å². The van der Waals surface area contributed by atoms with Crippen molar-refractivity contribution in [3.8, 4) is 0 Å². The maximum Gasteiger partial charge on any atom is 0.128 e. The molecule has 2 nitrogen and oxygen atoms in total. The van der Waals surface area contributed by atoms with Crippen molar-refractivity contribution in [3.05, 3.63) is 17.7 Å². The van der Waals surface area contributed by atoms with Gasteiger partial charge in [0, 0.05) is 6.54 Å². The maximum atomic E-state index is 5.90. The predicted octanol–water partition coefficient (Wildman–Crippen LogP) is 3.90. The van der Waals surface area contributed by atoms with Crippen LogP contribution in [0.3, 0.4) is 0 Å². The van der Waals surface area contributed by atoms with Crippen LogP contribution in [-0.2, 0) is 6.54 Å². The lowest BCUT2D eigenvalue weighted by Crippen LogP contribution is -1.95. The van der Waals surface area contributed by atoms with Crippen molar-refractivity contribution >= 4 is 11.6 Å². The number of unbranched alkanes of at least 4 members (excludes halogenated alkanes) is 5. The van der Waals surface area contributed by atoms with Crippen LogP contribution in [0.1, 0.15) is 45.4 Å². The van der Waals surface area contributed by atoms with E-state index in [0.29, 0.717) is 0 Å². The molecule has 0 amide bonds. The molecule has 3 heteroatoms. The van der Waals surface area contributed by atoms with Gasteiger partial charge >= 0.3 is 0 Å². The molecular weight excluding hydrogens is 196 g/mol. The highest BCUT2D eigenvalue weighted by molar-refractivity contribution is 6.29. The summed E-state index contributed by atoms with van der Waals surface area (Å²) in [6.45, 7) is 3.25. The van der Waals surface area contributed by atoms with E-state index < -0.39 is 0 Å². The lowest BCUT2D eigenvalue weighted by Gasteiger charge is -2.03. The topological polar surface area (TPSA) is 17.8 Å². The average Bonchev–Trinajstić information content (AvgIpc) is 2.58. The minimum Gasteiger partial charge on any atom is -0.322 e. The van der Waals surface area contributed by atoms with Crippen molar-refractivity contribution in [2.24, 2.45) is 0 Å². The van der Waals surface area contributed by atoms with Crippen LogP contribution in [0, 0.1) is 0 Å². The summed E-state index contributed by atoms with van der Waals surface area (Å²) < 4.78 is 2.00. The minimum atomic E-state index is 0.749. The van der Waals surface area contributed by atoms with Gasteiger partial charge in [-0.2, -0.15) is 0 Å². The SMILES string of the molecule is CCCCCCCCn1cncc1Cl. The number of hydrogen-bond acceptors (Lipinski definition) is 1. The molecule has 0 bridgehead atoms. The molecule has 1 heterocycles. The first-order valence-electron chi connectivity index (χ1n) is 5.50. The first-order valence-corrected chi connectivity index (χ1v) is 5.88. The smallest absolute Gasteiger partial charge is 0.128 e. The lowest BCUT2D eigenvalue weighted by molar-refractivity contribution is 0.558. The van der Waals surface area contributed by atoms with Crippen LogP contribution in [0.2, 0.25) is 5.15 Å². The van der Waals surface area contributed by atoms with Gasteiger partial charge in [-0.1, -0.05) is 50.6 Å². The number of imidazole rings is 1. The largest absolute Gasteiger partial charge is 0.322 e. The second kappa shape index (κ2) is 6.88. The lowest BCUT2D eigenvalue weighted by atomic mass is 10.1. The van der Waals surface area contributed by atoms with Crippen LogP contribution in [0.4, 0.5) is 0 Å². The molecule has 80 valence electrons. The zero-order valence-corrected chi connectivity index (χ0v) is 9.63. The van der Waals surface area contributed by atoms with Crippen LogP contribution < -0.4 is 0 Å². The number of halogens is 1. The number of nitrogens with zero attached hydrogens (tertiary/aromatic N) is 2. The van der Waals surface area contributed by atoms with E-state index in [1.54, 1.807) is 12.5 Å². The molecule has 0 spiro atoms. The summed E-state index contributed by atoms with van der Waals surface area (Å²) in [5.74, 6) is 0. The van der Waals surface area contributed by atoms with Gasteiger partial charge in [0.25, 0.3) is 0 Å². The summed E-state index contributed by atoms with van der Waals surface area (Å²) in [5, 5.41) is 0.749. The van der Waals surface area contributed by atoms with E-state index in [4.69, 9.17) is 11.6 Å². The summed E-state index contributed by atoms with van der Waals surface area (Å²) in [6.07, 6.45) is 11.4. The third-order valence-electron chi connectivity index (χ3n) is 2.41. The Morgan fingerprint density at radius 2 is 1.93 bits per heavy atom. The standard InChI is InChI=1S/C11H19ClN2/c1-2-3-4-5-6-7-8-14-10-13-9-11(14)12/h9-10H,2-8H2,1H3. The maximum absolute atomic E-state index is 5.90. The van der Waals surface area contributed by atoms with Crippen molar-refractivity contribution in [3.63, 3.8) is 0 Å². The van der Waals surface area contributed by atoms with Gasteiger partial charge in [0.2, 0.25) is 0 Å². The molecule has 0 fully saturated rings. The molecule has 0 saturated heterocycles. The summed E-state index contributed by atoms with van der Waals surface area (Å²) in [7, 11) is 0. The van der Waals surface area contributed by atoms with Crippen LogP contribution >= 0.6 is 11.6 Å². The Hall–Kier alpha value is -0.500. The third-order valence-corrected chi connectivity index (χ3v) is 2.73. The Morgan fingerprint density at radius 3 is 2.57 bits per heavy atom. The number of hydrogen-bond donors (Lipinski definition) is 0. The van der Waals surface area contributed by atoms with Crippen molar-refractivity contribution < 1.29 is 0 Å². The molecule has 0 aliphatic heterocycles. The number of rotatable bonds is 7. The van der Waals surface area contributed by atoms with Crippen molar-refractivity contribution in [1.29, 1.82) is 0 Å². The number of aryl methyl sites for hydroxylation is 1. The molecule has 0 saturated carbocycles. The molecule has 1 aromatic rings. The minimum absolute atomic E-state index is 0.749. The summed E-state index contributed by atoms with van der Waals surface area (Å²) in [6, 6.07) is 0. The Morgan fingerprint density at radius 1 is 1.21 bits per heavy atom. The highest BCUT2D eigenvalue weighted by atomic mass is 35.5. The van der Waals surface area contributed by atoms with E-state index in [0.717, 1.165) is 11.7 Å². The van der Waals surface area contributed by atoms with Crippen LogP contribution in [0.15, 0.2) is 12.5 Å². The molecular formula is C11H19ClN2. The highest BCUT2D eigenvalue weighted by Crippen LogP contribution is 2.10. The summed E-state index contributed by atoms with van der Waals surface area (Å²) in [5.41, 5.74) is 0. The molecule has 0 aromatic carbocycles. The fourth-order valence-electron chi connectivity index (χ4n) is 1.53. The van der Waals surface area contributed by atoms with Crippen molar-refractivity contribution in [1.82, 2.24) is 9.55 Å². The molecule has 1 aromatic heterocycles. The van der Waals surface area contributed by atoms with Gasteiger partial charge in [0.15, 0.2) is 0 Å². The molecule has 0 unspecified atom stereocenters. The Kier molecular flexibility index (Phi) is 5.69. The third kappa shape index (κ3) is 4.14. The van der Waals surface area contributed by atoms with Crippen LogP contribution in [-0.4, -0.2) is 9.55 Å². The van der Waals surface area contributed by atoms with E-state index in [1.807, 2.05) is 4.57 Å². The predicted molar refractivity (Wildman–Crippen MR) is 60.6 cm³/mol. The zero-order valence-electron chi connectivity index (χ0n) is 8.88. The fraction of sp³-hybridized carbons (Fsp3) is 0.727. The van der Waals surface area contributed by atoms with Gasteiger partial charge in [-0.05, 0) is 6.42 Å². The molecule has 1 rings (SSSR count). The van der Waals surface area contributed by atoms with Crippen molar-refractivity contribution in [2.45, 2.75) is 52.0 Å². The monoisotopic (exact) mass is 214 g/mol. The van der Waals surface area contributed by atoms with Gasteiger partial charge in [-0.15, -0.1) is 0 Å². The van der Waals surface area contributed by atoms with Gasteiger partial charge in [0.05, 0.1) is 12.5 Å². The summed E-state index contributed by atoms with van der Waals surface area (Å²) in [4.78, 5) is 3.98. The molecule has 0 aliphatic rings. The zero-order chi connectivity index (χ0) is 10.2. The summed E-state index contributed by atoms with van der Waals surface area (Å²) >= 11 is 5.90. The van der Waals surface area contributed by atoms with E-state index >= 15 is 0 Å². The van der Waals surface area contributed by atoms with Crippen LogP contribution in [0.5, 0.6) is 0 Å². The van der Waals surface area contributed by atoms with E-state index in [1.165, 1.54) is 38.5 Å². The van der Waals surface area contributed by atoms with Crippen molar-refractivity contribution in [2.75, 3.05) is 0 Å². The second-order valence-electron chi connectivity index (χ2n) is 3.68. The quantitative estimate of drug-likeness (QED) is 0.630. The molecule has 14 heavy (non-hydrogen) atoms. The Bertz CT molecular complexity index is 245. The Balaban J connectivity index is 2.02. The van der Waals surface area contributed by atoms with Gasteiger partial charge in [-0.3, -0.25) is 0 Å². The normalized spacial score (nSPS) is 10.7. The first-order chi connectivity index (χ1) is 6.84. The van der Waals surface area contributed by atoms with Gasteiger partial charge in [-0.25, -0.2) is 4.98 Å². The molecule has 0 N–H and O–H groups in total. The van der Waals surface area contributed by atoms with E-state index in [2.05, 4.69) is 11.9 Å². The first kappa shape index (κ1) is 11.6. The highest BCUT2D eigenvalue weighted by Gasteiger charge is 1.97. The van der Waals surface area contributed by atoms with E-state index in [9.17, 15) is 0 Å². The van der Waals surface area contributed by atoms with Crippen LogP contribution in [0.25, 0.3) is 0 Å².